The molecular weight excluding hydrogens is 356 g/mol. The Morgan fingerprint density at radius 3 is 2.55 bits per heavy atom. The molecule has 1 N–H and O–H groups in total. The molecule has 2 heteroatoms. The first-order chi connectivity index (χ1) is 13.7. The van der Waals surface area contributed by atoms with Crippen LogP contribution in [0.3, 0.4) is 0 Å². The molecule has 0 saturated heterocycles. The predicted molar refractivity (Wildman–Crippen MR) is 120 cm³/mol. The van der Waals surface area contributed by atoms with Gasteiger partial charge in [-0.2, -0.15) is 0 Å². The van der Waals surface area contributed by atoms with Gasteiger partial charge in [-0.25, -0.2) is 0 Å². The van der Waals surface area contributed by atoms with E-state index < -0.39 is 0 Å². The summed E-state index contributed by atoms with van der Waals surface area (Å²) in [5, 5.41) is 10.2. The summed E-state index contributed by atoms with van der Waals surface area (Å²) in [6.07, 6.45) is 12.4. The highest BCUT2D eigenvalue weighted by molar-refractivity contribution is 6.00. The number of hydrogen-bond acceptors (Lipinski definition) is 2. The van der Waals surface area contributed by atoms with Crippen molar-refractivity contribution in [1.29, 1.82) is 0 Å². The Labute approximate surface area is 178 Å². The maximum absolute atomic E-state index is 13.4. The van der Waals surface area contributed by atoms with E-state index in [-0.39, 0.29) is 11.5 Å². The minimum atomic E-state index is -0.0969. The van der Waals surface area contributed by atoms with Crippen LogP contribution in [0.1, 0.15) is 105 Å². The van der Waals surface area contributed by atoms with Crippen LogP contribution in [0.25, 0.3) is 0 Å². The maximum atomic E-state index is 13.4. The highest BCUT2D eigenvalue weighted by Crippen LogP contribution is 2.65. The second kappa shape index (κ2) is 7.81. The molecule has 3 fully saturated rings. The van der Waals surface area contributed by atoms with E-state index in [1.165, 1.54) is 44.1 Å². The number of hydrogen-bond donors (Lipinski definition) is 1. The zero-order chi connectivity index (χ0) is 21.0. The van der Waals surface area contributed by atoms with E-state index in [9.17, 15) is 9.90 Å². The van der Waals surface area contributed by atoms with Crippen LogP contribution in [0.4, 0.5) is 0 Å². The number of fused-ring (bicyclic) bond motifs is 4. The summed E-state index contributed by atoms with van der Waals surface area (Å²) in [6.45, 7) is 12.0. The number of ketones is 1. The average Bonchev–Trinajstić information content (AvgIpc) is 2.93. The molecule has 0 aromatic rings. The molecule has 0 aromatic heterocycles. The van der Waals surface area contributed by atoms with Crippen LogP contribution in [-0.2, 0) is 4.79 Å². The fourth-order valence-electron chi connectivity index (χ4n) is 8.22. The number of aliphatic hydroxyl groups is 1. The zero-order valence-electron chi connectivity index (χ0n) is 19.6. The van der Waals surface area contributed by atoms with Gasteiger partial charge in [-0.05, 0) is 85.4 Å². The first-order valence-corrected chi connectivity index (χ1v) is 12.6. The molecule has 4 rings (SSSR count). The summed E-state index contributed by atoms with van der Waals surface area (Å²) in [6, 6.07) is 0. The van der Waals surface area contributed by atoms with Gasteiger partial charge in [0.1, 0.15) is 0 Å². The summed E-state index contributed by atoms with van der Waals surface area (Å²) in [5.74, 6) is 3.70. The molecule has 0 unspecified atom stereocenters. The summed E-state index contributed by atoms with van der Waals surface area (Å²) < 4.78 is 0. The van der Waals surface area contributed by atoms with Crippen LogP contribution in [0.2, 0.25) is 0 Å². The van der Waals surface area contributed by atoms with E-state index in [1.54, 1.807) is 5.57 Å². The minimum absolute atomic E-state index is 0.0969. The molecule has 7 atom stereocenters. The van der Waals surface area contributed by atoms with E-state index in [0.29, 0.717) is 34.9 Å². The number of carbonyl (C=O) groups is 1. The molecule has 164 valence electrons. The van der Waals surface area contributed by atoms with Gasteiger partial charge in [0.05, 0.1) is 6.10 Å². The molecular formula is C27H44O2. The van der Waals surface area contributed by atoms with E-state index >= 15 is 0 Å². The third kappa shape index (κ3) is 3.56. The molecule has 0 heterocycles. The van der Waals surface area contributed by atoms with Crippen molar-refractivity contribution in [2.75, 3.05) is 0 Å². The first kappa shape index (κ1) is 21.6. The molecule has 29 heavy (non-hydrogen) atoms. The fraction of sp³-hybridized carbons (Fsp3) is 0.889. The highest BCUT2D eigenvalue weighted by atomic mass is 16.3. The van der Waals surface area contributed by atoms with E-state index in [0.717, 1.165) is 38.0 Å². The van der Waals surface area contributed by atoms with Crippen LogP contribution in [0.15, 0.2) is 11.1 Å². The molecule has 0 aromatic carbocycles. The number of aliphatic hydroxyl groups excluding tert-OH is 1. The van der Waals surface area contributed by atoms with Gasteiger partial charge in [0, 0.05) is 12.0 Å². The van der Waals surface area contributed by atoms with Crippen LogP contribution in [0, 0.1) is 40.4 Å². The van der Waals surface area contributed by atoms with Crippen molar-refractivity contribution in [2.24, 2.45) is 40.4 Å². The number of Topliss-reactive ketones (excluding diaryl/α,β-unsaturated/α-hetero) is 1. The standard InChI is InChI=1S/C27H44O2/c1-17(2)7-6-8-18(3)23-16-24(29)25-21-10-9-19-15-20(28)11-13-26(19,4)22(21)12-14-27(23,25)5/h17-20,22-23,28H,6-16H2,1-5H3/t18-,19-,20-,22-,23-,26+,27+/m1/s1. The van der Waals surface area contributed by atoms with Crippen molar-refractivity contribution in [3.8, 4) is 0 Å². The number of carbonyl (C=O) groups excluding carboxylic acids is 1. The van der Waals surface area contributed by atoms with Crippen molar-refractivity contribution in [3.63, 3.8) is 0 Å². The first-order valence-electron chi connectivity index (χ1n) is 12.6. The third-order valence-electron chi connectivity index (χ3n) is 9.96. The number of allylic oxidation sites excluding steroid dienone is 2. The van der Waals surface area contributed by atoms with Gasteiger partial charge < -0.3 is 5.11 Å². The van der Waals surface area contributed by atoms with Gasteiger partial charge in [0.15, 0.2) is 5.78 Å². The Morgan fingerprint density at radius 2 is 1.83 bits per heavy atom. The largest absolute Gasteiger partial charge is 0.393 e. The molecule has 0 aliphatic heterocycles. The quantitative estimate of drug-likeness (QED) is 0.556. The van der Waals surface area contributed by atoms with Crippen LogP contribution >= 0.6 is 0 Å². The van der Waals surface area contributed by atoms with Crippen LogP contribution in [-0.4, -0.2) is 17.0 Å². The molecule has 4 aliphatic rings. The summed E-state index contributed by atoms with van der Waals surface area (Å²) in [5.41, 5.74) is 3.29. The monoisotopic (exact) mass is 400 g/mol. The topological polar surface area (TPSA) is 37.3 Å². The molecule has 0 radical (unpaired) electrons. The predicted octanol–water partition coefficient (Wildman–Crippen LogP) is 6.71. The Hall–Kier alpha value is -0.630. The van der Waals surface area contributed by atoms with Gasteiger partial charge in [0.2, 0.25) is 0 Å². The smallest absolute Gasteiger partial charge is 0.159 e. The van der Waals surface area contributed by atoms with Gasteiger partial charge in [-0.15, -0.1) is 0 Å². The second-order valence-electron chi connectivity index (χ2n) is 12.1. The van der Waals surface area contributed by atoms with Crippen LogP contribution < -0.4 is 0 Å². The lowest BCUT2D eigenvalue weighted by atomic mass is 9.48. The van der Waals surface area contributed by atoms with E-state index in [1.807, 2.05) is 0 Å². The molecule has 4 aliphatic carbocycles. The van der Waals surface area contributed by atoms with Crippen molar-refractivity contribution < 1.29 is 9.90 Å². The van der Waals surface area contributed by atoms with Crippen molar-refractivity contribution >= 4 is 5.78 Å². The Bertz CT molecular complexity index is 676. The summed E-state index contributed by atoms with van der Waals surface area (Å²) in [4.78, 5) is 13.4. The molecule has 0 spiro atoms. The van der Waals surface area contributed by atoms with Gasteiger partial charge >= 0.3 is 0 Å². The van der Waals surface area contributed by atoms with Gasteiger partial charge in [0.25, 0.3) is 0 Å². The van der Waals surface area contributed by atoms with E-state index in [4.69, 9.17) is 0 Å². The molecule has 2 nitrogen and oxygen atoms in total. The van der Waals surface area contributed by atoms with Crippen molar-refractivity contribution in [1.82, 2.24) is 0 Å². The molecule has 0 bridgehead atoms. The summed E-state index contributed by atoms with van der Waals surface area (Å²) in [7, 11) is 0. The van der Waals surface area contributed by atoms with Crippen LogP contribution in [0.5, 0.6) is 0 Å². The lowest BCUT2D eigenvalue weighted by Gasteiger charge is -2.56. The van der Waals surface area contributed by atoms with Gasteiger partial charge in [-0.1, -0.05) is 59.5 Å². The Kier molecular flexibility index (Phi) is 5.82. The fourth-order valence-corrected chi connectivity index (χ4v) is 8.22. The summed E-state index contributed by atoms with van der Waals surface area (Å²) >= 11 is 0. The molecule has 3 saturated carbocycles. The Morgan fingerprint density at radius 1 is 1.07 bits per heavy atom. The lowest BCUT2D eigenvalue weighted by Crippen LogP contribution is -2.48. The highest BCUT2D eigenvalue weighted by Gasteiger charge is 2.57. The normalized spacial score (nSPS) is 43.2. The third-order valence-corrected chi connectivity index (χ3v) is 9.96. The van der Waals surface area contributed by atoms with Crippen molar-refractivity contribution in [3.05, 3.63) is 11.1 Å². The average molecular weight is 401 g/mol. The Balaban J connectivity index is 1.59. The SMILES string of the molecule is CC(C)CCC[C@@H](C)[C@H]1CC(=O)C2=C3CC[C@@H]4C[C@H](O)CC[C@]4(C)[C@@H]3CC[C@]21C. The minimum Gasteiger partial charge on any atom is -0.393 e. The molecule has 0 amide bonds. The van der Waals surface area contributed by atoms with Crippen molar-refractivity contribution in [2.45, 2.75) is 111 Å². The lowest BCUT2D eigenvalue weighted by molar-refractivity contribution is -0.115. The van der Waals surface area contributed by atoms with Gasteiger partial charge in [-0.3, -0.25) is 4.79 Å². The second-order valence-corrected chi connectivity index (χ2v) is 12.1. The van der Waals surface area contributed by atoms with E-state index in [2.05, 4.69) is 34.6 Å². The number of rotatable bonds is 5. The maximum Gasteiger partial charge on any atom is 0.159 e. The zero-order valence-corrected chi connectivity index (χ0v) is 19.6.